The molecule has 4 rings (SSSR count). The number of aromatic amines is 1. The molecule has 0 unspecified atom stereocenters. The van der Waals surface area contributed by atoms with Gasteiger partial charge in [-0.15, -0.1) is 0 Å². The number of rotatable bonds is 28. The van der Waals surface area contributed by atoms with Crippen LogP contribution in [0.25, 0.3) is 10.9 Å². The van der Waals surface area contributed by atoms with Crippen LogP contribution in [0.5, 0.6) is 0 Å². The van der Waals surface area contributed by atoms with E-state index in [2.05, 4.69) is 70.4 Å². The SMILES string of the molecule is CC[C@H](C)CCCC[C@@H](O)CC(=O)N[C@H](CO)C(=O)N[C@H]1C(=O)N[C@H](CCN)C(=O)N[C@@H](CC(=O)O)C(=O)NCC(=O)N[C@@H](CC(N)=O)C(=O)N[C@@H](CC(=O)O)C(=O)NCC(=O)N[C@@H](Cc2c[nH]c3ccccc23)C(=O)N[C@H]([C@H](C)CC)C(=O)N[C@H](CCN)C(=O)N[C@@H](Cc2ccccc2)C(=O)O[C@@H]1C. The summed E-state index contributed by atoms with van der Waals surface area (Å²) in [6.07, 6.45) is -3.23. The lowest BCUT2D eigenvalue weighted by atomic mass is 9.96. The maximum Gasteiger partial charge on any atom is 0.329 e. The van der Waals surface area contributed by atoms with Crippen LogP contribution in [0.2, 0.25) is 0 Å². The number of aromatic nitrogens is 1. The number of fused-ring (bicyclic) bond motifs is 1. The van der Waals surface area contributed by atoms with Crippen molar-refractivity contribution in [2.24, 2.45) is 29.0 Å². The van der Waals surface area contributed by atoms with Gasteiger partial charge in [0.2, 0.25) is 76.8 Å². The maximum absolute atomic E-state index is 14.8. The number of hydrogen-bond donors (Lipinski definition) is 20. The van der Waals surface area contributed by atoms with Gasteiger partial charge in [-0.3, -0.25) is 71.9 Å². The molecule has 105 heavy (non-hydrogen) atoms. The van der Waals surface area contributed by atoms with Gasteiger partial charge in [0.25, 0.3) is 0 Å². The summed E-state index contributed by atoms with van der Waals surface area (Å²) in [5, 5.41) is 69.2. The summed E-state index contributed by atoms with van der Waals surface area (Å²) in [7, 11) is 0. The fraction of sp³-hybridized carbons (Fsp3) is 0.559. The molecule has 1 aromatic heterocycles. The van der Waals surface area contributed by atoms with Crippen LogP contribution in [0.1, 0.15) is 123 Å². The zero-order valence-electron chi connectivity index (χ0n) is 59.3. The van der Waals surface area contributed by atoms with Crippen molar-refractivity contribution in [3.05, 3.63) is 71.9 Å². The number of amides is 13. The number of benzene rings is 2. The Kier molecular flexibility index (Phi) is 36.4. The topological polar surface area (TPSA) is 601 Å². The number of ether oxygens (including phenoxy) is 1. The van der Waals surface area contributed by atoms with E-state index in [0.717, 1.165) is 26.2 Å². The van der Waals surface area contributed by atoms with E-state index in [1.54, 1.807) is 74.6 Å². The van der Waals surface area contributed by atoms with Crippen LogP contribution in [0.3, 0.4) is 0 Å². The fourth-order valence-electron chi connectivity index (χ4n) is 11.0. The third kappa shape index (κ3) is 29.5. The van der Waals surface area contributed by atoms with E-state index in [0.29, 0.717) is 34.4 Å². The van der Waals surface area contributed by atoms with Gasteiger partial charge in [0.15, 0.2) is 0 Å². The van der Waals surface area contributed by atoms with Crippen molar-refractivity contribution >= 4 is 106 Å². The third-order valence-corrected chi connectivity index (χ3v) is 17.3. The number of hydrogen-bond acceptors (Lipinski definition) is 21. The number of esters is 1. The summed E-state index contributed by atoms with van der Waals surface area (Å²) in [6, 6.07) is -3.51. The third-order valence-electron chi connectivity index (χ3n) is 17.3. The molecule has 23 N–H and O–H groups in total. The number of carbonyl (C=O) groups is 16. The van der Waals surface area contributed by atoms with Crippen LogP contribution in [0, 0.1) is 11.8 Å². The van der Waals surface area contributed by atoms with E-state index in [4.69, 9.17) is 21.9 Å². The van der Waals surface area contributed by atoms with E-state index in [1.807, 2.05) is 12.2 Å². The van der Waals surface area contributed by atoms with Gasteiger partial charge in [0, 0.05) is 29.9 Å². The normalized spacial score (nSPS) is 23.3. The number of H-pyrrole nitrogens is 1. The number of carboxylic acids is 2. The summed E-state index contributed by atoms with van der Waals surface area (Å²) >= 11 is 0. The summed E-state index contributed by atoms with van der Waals surface area (Å²) in [6.45, 7) is 4.55. The van der Waals surface area contributed by atoms with E-state index in [1.165, 1.54) is 0 Å². The summed E-state index contributed by atoms with van der Waals surface area (Å²) < 4.78 is 5.87. The number of nitrogens with one attached hydrogen (secondary N) is 13. The van der Waals surface area contributed by atoms with Gasteiger partial charge in [0.1, 0.15) is 66.5 Å². The van der Waals surface area contributed by atoms with Gasteiger partial charge < -0.3 is 111 Å². The van der Waals surface area contributed by atoms with Crippen LogP contribution in [-0.2, 0) is 94.3 Å². The lowest BCUT2D eigenvalue weighted by molar-refractivity contribution is -0.156. The standard InChI is InChI=1S/C68H100N16O21/c1-6-35(3)15-11-12-18-40(86)27-52(88)77-50(34-85)65(101)84-58-37(5)105-68(104)49(25-38-16-9-8-10-17-38)82-62(98)44(22-24-70)78-66(102)57(36(4)7-2)83-64(100)45(26-39-31-72-42-20-14-13-19-41(39)42)75-53(89)32-73-60(96)48(30-56(93)94)81-63(99)46(28-51(71)87)76-54(90)33-74-59(95)47(29-55(91)92)80-61(97)43(21-23-69)79-67(58)103/h8-10,13-14,16-17,19-20,31,35-37,40,43-50,57-58,72,85-86H,6-7,11-12,15,18,21-30,32-34,69-70H2,1-5H3,(H2,71,87)(H,73,96)(H,74,95)(H,75,89)(H,76,90)(H,77,88)(H,78,102)(H,79,103)(H,80,97)(H,81,99)(H,82,98)(H,83,100)(H,84,101)(H,91,92)(H,93,94)/t35-,36+,37+,40+,43+,44+,45-,46-,47-,48-,49-,50+,57+,58+/m0/s1. The summed E-state index contributed by atoms with van der Waals surface area (Å²) in [5.41, 5.74) is 18.8. The number of cyclic esters (lactones) is 1. The molecule has 0 spiro atoms. The van der Waals surface area contributed by atoms with Crippen molar-refractivity contribution in [1.82, 2.24) is 68.8 Å². The van der Waals surface area contributed by atoms with Crippen molar-refractivity contribution in [3.63, 3.8) is 0 Å². The number of aliphatic hydroxyl groups is 2. The first-order valence-corrected chi connectivity index (χ1v) is 34.6. The molecular weight excluding hydrogens is 1380 g/mol. The van der Waals surface area contributed by atoms with Crippen LogP contribution in [-0.4, -0.2) is 226 Å². The van der Waals surface area contributed by atoms with Crippen molar-refractivity contribution in [2.45, 2.75) is 197 Å². The zero-order valence-corrected chi connectivity index (χ0v) is 59.3. The predicted octanol–water partition coefficient (Wildman–Crippen LogP) is -5.10. The Morgan fingerprint density at radius 1 is 0.590 bits per heavy atom. The predicted molar refractivity (Wildman–Crippen MR) is 374 cm³/mol. The number of carboxylic acid groups (broad SMARTS) is 2. The monoisotopic (exact) mass is 1480 g/mol. The Balaban J connectivity index is 1.86. The zero-order chi connectivity index (χ0) is 78.0. The van der Waals surface area contributed by atoms with Gasteiger partial charge in [-0.1, -0.05) is 108 Å². The van der Waals surface area contributed by atoms with Crippen molar-refractivity contribution in [1.29, 1.82) is 0 Å². The Bertz CT molecular complexity index is 3520. The molecule has 37 nitrogen and oxygen atoms in total. The van der Waals surface area contributed by atoms with E-state index < -0.39 is 232 Å². The van der Waals surface area contributed by atoms with Crippen LogP contribution in [0.4, 0.5) is 0 Å². The highest BCUT2D eigenvalue weighted by Crippen LogP contribution is 2.21. The molecule has 0 saturated carbocycles. The molecule has 1 aliphatic heterocycles. The number of primary amides is 1. The maximum atomic E-state index is 14.8. The molecule has 1 saturated heterocycles. The highest BCUT2D eigenvalue weighted by molar-refractivity contribution is 6.01. The molecular formula is C68H100N16O21. The Labute approximate surface area is 605 Å². The molecule has 578 valence electrons. The smallest absolute Gasteiger partial charge is 0.329 e. The second-order valence-corrected chi connectivity index (χ2v) is 25.7. The number of carbonyl (C=O) groups excluding carboxylic acids is 14. The minimum atomic E-state index is -2.14. The van der Waals surface area contributed by atoms with Crippen molar-refractivity contribution < 1.29 is 102 Å². The van der Waals surface area contributed by atoms with Crippen molar-refractivity contribution in [2.75, 3.05) is 32.8 Å². The molecule has 0 aliphatic carbocycles. The highest BCUT2D eigenvalue weighted by atomic mass is 16.5. The fourth-order valence-corrected chi connectivity index (χ4v) is 11.0. The van der Waals surface area contributed by atoms with Crippen molar-refractivity contribution in [3.8, 4) is 0 Å². The summed E-state index contributed by atoms with van der Waals surface area (Å²) in [4.78, 5) is 223. The Morgan fingerprint density at radius 2 is 1.10 bits per heavy atom. The molecule has 0 radical (unpaired) electrons. The number of nitrogens with two attached hydrogens (primary N) is 3. The van der Waals surface area contributed by atoms with Crippen LogP contribution >= 0.6 is 0 Å². The second kappa shape index (κ2) is 44.1. The van der Waals surface area contributed by atoms with E-state index in [9.17, 15) is 97.1 Å². The van der Waals surface area contributed by atoms with Crippen LogP contribution in [0.15, 0.2) is 60.8 Å². The molecule has 13 amide bonds. The van der Waals surface area contributed by atoms with E-state index >= 15 is 0 Å². The number of aliphatic carboxylic acids is 2. The minimum absolute atomic E-state index is 0.217. The lowest BCUT2D eigenvalue weighted by Gasteiger charge is -2.30. The largest absolute Gasteiger partial charge is 0.481 e. The second-order valence-electron chi connectivity index (χ2n) is 25.7. The number of aliphatic hydroxyl groups excluding tert-OH is 2. The number of unbranched alkanes of at least 4 members (excludes halogenated alkanes) is 1. The first-order valence-electron chi connectivity index (χ1n) is 34.6. The van der Waals surface area contributed by atoms with Crippen LogP contribution < -0.4 is 81.0 Å². The average molecular weight is 1480 g/mol. The molecule has 0 bridgehead atoms. The molecule has 14 atom stereocenters. The average Bonchev–Trinajstić information content (AvgIpc) is 1.72. The van der Waals surface area contributed by atoms with Gasteiger partial charge in [-0.05, 0) is 68.3 Å². The number of para-hydroxylation sites is 1. The minimum Gasteiger partial charge on any atom is -0.481 e. The van der Waals surface area contributed by atoms with Gasteiger partial charge >= 0.3 is 17.9 Å². The summed E-state index contributed by atoms with van der Waals surface area (Å²) in [5.74, 6) is -20.5. The first-order chi connectivity index (χ1) is 49.8. The van der Waals surface area contributed by atoms with Gasteiger partial charge in [-0.25, -0.2) is 4.79 Å². The quantitative estimate of drug-likeness (QED) is 0.0239. The highest BCUT2D eigenvalue weighted by Gasteiger charge is 2.40. The Hall–Kier alpha value is -10.7. The van der Waals surface area contributed by atoms with Gasteiger partial charge in [-0.2, -0.15) is 0 Å². The van der Waals surface area contributed by atoms with E-state index in [-0.39, 0.29) is 38.6 Å². The molecule has 1 aliphatic rings. The molecule has 2 heterocycles. The lowest BCUT2D eigenvalue weighted by Crippen LogP contribution is -2.62. The molecule has 37 heteroatoms. The first kappa shape index (κ1) is 86.7. The molecule has 3 aromatic rings. The molecule has 1 fully saturated rings. The van der Waals surface area contributed by atoms with Gasteiger partial charge in [0.05, 0.1) is 51.5 Å². The Morgan fingerprint density at radius 3 is 1.64 bits per heavy atom. The molecule has 2 aromatic carbocycles.